The zero-order chi connectivity index (χ0) is 20.1. The molecule has 4 heterocycles. The second-order valence-corrected chi connectivity index (χ2v) is 9.08. The number of rotatable bonds is 3. The van der Waals surface area contributed by atoms with Crippen molar-refractivity contribution in [2.75, 3.05) is 5.32 Å². The fourth-order valence-electron chi connectivity index (χ4n) is 3.20. The van der Waals surface area contributed by atoms with Crippen molar-refractivity contribution >= 4 is 72.6 Å². The molecule has 5 aromatic rings. The van der Waals surface area contributed by atoms with Crippen LogP contribution in [-0.4, -0.2) is 20.3 Å². The summed E-state index contributed by atoms with van der Waals surface area (Å²) in [5, 5.41) is 7.11. The van der Waals surface area contributed by atoms with Crippen molar-refractivity contribution < 1.29 is 4.79 Å². The minimum absolute atomic E-state index is 0.289. The molecule has 29 heavy (non-hydrogen) atoms. The van der Waals surface area contributed by atoms with Crippen LogP contribution in [0.2, 0.25) is 10.0 Å². The number of fused-ring (bicyclic) bond motifs is 2. The topological polar surface area (TPSA) is 59.3 Å². The van der Waals surface area contributed by atoms with Crippen molar-refractivity contribution in [1.29, 1.82) is 0 Å². The number of thiophene rings is 1. The Bertz CT molecular complexity index is 1400. The lowest BCUT2D eigenvalue weighted by atomic mass is 10.2. The maximum atomic E-state index is 12.8. The molecule has 0 aliphatic heterocycles. The van der Waals surface area contributed by atoms with Crippen LogP contribution in [0.15, 0.2) is 48.0 Å². The molecule has 0 spiro atoms. The summed E-state index contributed by atoms with van der Waals surface area (Å²) >= 11 is 15.1. The molecule has 1 amide bonds. The Kier molecular flexibility index (Phi) is 4.55. The van der Waals surface area contributed by atoms with Crippen molar-refractivity contribution in [3.05, 3.63) is 68.6 Å². The average Bonchev–Trinajstić information content (AvgIpc) is 3.36. The number of carbonyl (C=O) groups is 1. The number of benzene rings is 1. The highest BCUT2D eigenvalue weighted by Gasteiger charge is 2.20. The van der Waals surface area contributed by atoms with Gasteiger partial charge in [0, 0.05) is 26.7 Å². The molecule has 0 aliphatic rings. The largest absolute Gasteiger partial charge is 0.298 e. The van der Waals surface area contributed by atoms with Gasteiger partial charge in [-0.15, -0.1) is 22.7 Å². The van der Waals surface area contributed by atoms with Gasteiger partial charge in [-0.05, 0) is 31.2 Å². The van der Waals surface area contributed by atoms with Crippen LogP contribution in [0, 0.1) is 6.92 Å². The molecule has 0 atom stereocenters. The number of imidazole rings is 1. The van der Waals surface area contributed by atoms with E-state index >= 15 is 0 Å². The van der Waals surface area contributed by atoms with Crippen LogP contribution in [0.4, 0.5) is 5.13 Å². The standard InChI is InChI=1S/C20H12Cl2N4OS2/c1-10-17(26-7-3-2-4-15(26)23-10)13-9-28-20(24-13)25-19(27)18-16(22)12-6-5-11(21)8-14(12)29-18/h2-9H,1H3,(H,24,25,27). The number of aromatic nitrogens is 3. The number of amides is 1. The smallest absolute Gasteiger partial charge is 0.269 e. The van der Waals surface area contributed by atoms with Crippen molar-refractivity contribution in [3.63, 3.8) is 0 Å². The van der Waals surface area contributed by atoms with Gasteiger partial charge in [-0.1, -0.05) is 35.3 Å². The number of anilines is 1. The fourth-order valence-corrected chi connectivity index (χ4v) is 5.58. The maximum absolute atomic E-state index is 12.8. The Labute approximate surface area is 183 Å². The molecule has 0 fully saturated rings. The second-order valence-electron chi connectivity index (χ2n) is 6.35. The van der Waals surface area contributed by atoms with Gasteiger partial charge in [0.05, 0.1) is 16.4 Å². The van der Waals surface area contributed by atoms with Gasteiger partial charge in [0.1, 0.15) is 16.2 Å². The molecule has 0 saturated heterocycles. The van der Waals surface area contributed by atoms with E-state index in [2.05, 4.69) is 15.3 Å². The maximum Gasteiger partial charge on any atom is 0.269 e. The molecule has 9 heteroatoms. The summed E-state index contributed by atoms with van der Waals surface area (Å²) in [5.41, 5.74) is 3.40. The number of thiazole rings is 1. The number of hydrogen-bond donors (Lipinski definition) is 1. The lowest BCUT2D eigenvalue weighted by Crippen LogP contribution is -2.10. The predicted molar refractivity (Wildman–Crippen MR) is 121 cm³/mol. The van der Waals surface area contributed by atoms with Crippen LogP contribution in [0.5, 0.6) is 0 Å². The zero-order valence-corrected chi connectivity index (χ0v) is 18.1. The van der Waals surface area contributed by atoms with E-state index in [1.807, 2.05) is 47.2 Å². The second kappa shape index (κ2) is 7.11. The van der Waals surface area contributed by atoms with Crippen LogP contribution in [0.1, 0.15) is 15.4 Å². The van der Waals surface area contributed by atoms with Gasteiger partial charge in [0.25, 0.3) is 5.91 Å². The van der Waals surface area contributed by atoms with Crippen molar-refractivity contribution in [1.82, 2.24) is 14.4 Å². The zero-order valence-electron chi connectivity index (χ0n) is 14.9. The van der Waals surface area contributed by atoms with E-state index in [-0.39, 0.29) is 5.91 Å². The summed E-state index contributed by atoms with van der Waals surface area (Å²) in [4.78, 5) is 22.4. The van der Waals surface area contributed by atoms with E-state index in [0.717, 1.165) is 32.8 Å². The lowest BCUT2D eigenvalue weighted by molar-refractivity contribution is 0.103. The number of nitrogens with zero attached hydrogens (tertiary/aromatic N) is 3. The van der Waals surface area contributed by atoms with E-state index in [1.165, 1.54) is 22.7 Å². The first-order valence-corrected chi connectivity index (χ1v) is 11.0. The molecule has 0 bridgehead atoms. The van der Waals surface area contributed by atoms with Gasteiger partial charge in [0.15, 0.2) is 5.13 Å². The molecule has 144 valence electrons. The van der Waals surface area contributed by atoms with Gasteiger partial charge >= 0.3 is 0 Å². The molecule has 1 N–H and O–H groups in total. The summed E-state index contributed by atoms with van der Waals surface area (Å²) in [5.74, 6) is -0.289. The number of hydrogen-bond acceptors (Lipinski definition) is 5. The Balaban J connectivity index is 1.47. The fraction of sp³-hybridized carbons (Fsp3) is 0.0500. The number of halogens is 2. The van der Waals surface area contributed by atoms with Crippen molar-refractivity contribution in [3.8, 4) is 11.4 Å². The van der Waals surface area contributed by atoms with Gasteiger partial charge in [-0.2, -0.15) is 0 Å². The molecule has 1 aromatic carbocycles. The molecule has 0 radical (unpaired) electrons. The molecular weight excluding hydrogens is 447 g/mol. The normalized spacial score (nSPS) is 11.4. The first-order valence-electron chi connectivity index (χ1n) is 8.60. The minimum Gasteiger partial charge on any atom is -0.298 e. The first kappa shape index (κ1) is 18.6. The van der Waals surface area contributed by atoms with Crippen LogP contribution in [0.3, 0.4) is 0 Å². The van der Waals surface area contributed by atoms with E-state index < -0.39 is 0 Å². The van der Waals surface area contributed by atoms with Crippen LogP contribution < -0.4 is 5.32 Å². The number of nitrogens with one attached hydrogen (secondary N) is 1. The number of carbonyl (C=O) groups excluding carboxylic acids is 1. The lowest BCUT2D eigenvalue weighted by Gasteiger charge is -2.00. The Morgan fingerprint density at radius 2 is 2.03 bits per heavy atom. The van der Waals surface area contributed by atoms with E-state index in [9.17, 15) is 4.79 Å². The molecule has 4 aromatic heterocycles. The van der Waals surface area contributed by atoms with Crippen molar-refractivity contribution in [2.24, 2.45) is 0 Å². The summed E-state index contributed by atoms with van der Waals surface area (Å²) in [7, 11) is 0. The average molecular weight is 459 g/mol. The summed E-state index contributed by atoms with van der Waals surface area (Å²) in [6.45, 7) is 1.95. The molecule has 5 nitrogen and oxygen atoms in total. The van der Waals surface area contributed by atoms with E-state index in [0.29, 0.717) is 20.1 Å². The third-order valence-corrected chi connectivity index (χ3v) is 7.12. The summed E-state index contributed by atoms with van der Waals surface area (Å²) < 4.78 is 2.86. The third kappa shape index (κ3) is 3.20. The third-order valence-electron chi connectivity index (χ3n) is 4.47. The summed E-state index contributed by atoms with van der Waals surface area (Å²) in [6.07, 6.45) is 1.95. The van der Waals surface area contributed by atoms with E-state index in [1.54, 1.807) is 12.1 Å². The molecular formula is C20H12Cl2N4OS2. The quantitative estimate of drug-likeness (QED) is 0.333. The van der Waals surface area contributed by atoms with Gasteiger partial charge in [0.2, 0.25) is 0 Å². The van der Waals surface area contributed by atoms with Crippen molar-refractivity contribution in [2.45, 2.75) is 6.92 Å². The molecule has 5 rings (SSSR count). The Hall–Kier alpha value is -2.45. The highest BCUT2D eigenvalue weighted by atomic mass is 35.5. The molecule has 0 unspecified atom stereocenters. The highest BCUT2D eigenvalue weighted by molar-refractivity contribution is 7.22. The first-order chi connectivity index (χ1) is 14.0. The van der Waals surface area contributed by atoms with Crippen LogP contribution in [-0.2, 0) is 0 Å². The highest BCUT2D eigenvalue weighted by Crippen LogP contribution is 2.37. The SMILES string of the molecule is Cc1nc2ccccn2c1-c1csc(NC(=O)c2sc3cc(Cl)ccc3c2Cl)n1. The summed E-state index contributed by atoms with van der Waals surface area (Å²) in [6, 6.07) is 11.2. The number of aryl methyl sites for hydroxylation is 1. The monoisotopic (exact) mass is 458 g/mol. The predicted octanol–water partition coefficient (Wildman–Crippen LogP) is 6.54. The minimum atomic E-state index is -0.289. The number of pyridine rings is 1. The van der Waals surface area contributed by atoms with Gasteiger partial charge in [-0.3, -0.25) is 14.5 Å². The van der Waals surface area contributed by atoms with Gasteiger partial charge < -0.3 is 0 Å². The Morgan fingerprint density at radius 1 is 1.17 bits per heavy atom. The van der Waals surface area contributed by atoms with Crippen LogP contribution >= 0.6 is 45.9 Å². The van der Waals surface area contributed by atoms with E-state index in [4.69, 9.17) is 23.2 Å². The van der Waals surface area contributed by atoms with Crippen LogP contribution in [0.25, 0.3) is 27.1 Å². The Morgan fingerprint density at radius 3 is 2.90 bits per heavy atom. The molecule has 0 saturated carbocycles. The van der Waals surface area contributed by atoms with Gasteiger partial charge in [-0.25, -0.2) is 9.97 Å². The molecule has 0 aliphatic carbocycles.